The number of furan rings is 2. The first kappa shape index (κ1) is 39.3. The first-order chi connectivity index (χ1) is 33.4. The van der Waals surface area contributed by atoms with Crippen LogP contribution in [0, 0.1) is 13.8 Å². The lowest BCUT2D eigenvalue weighted by atomic mass is 9.75. The number of fused-ring (bicyclic) bond motifs is 19. The molecule has 3 aliphatic rings. The predicted octanol–water partition coefficient (Wildman–Crippen LogP) is 18.7. The zero-order valence-corrected chi connectivity index (χ0v) is 40.3. The van der Waals surface area contributed by atoms with Gasteiger partial charge in [-0.15, -0.1) is 0 Å². The molecule has 0 aliphatic heterocycles. The third kappa shape index (κ3) is 4.73. The van der Waals surface area contributed by atoms with E-state index in [0.717, 1.165) is 55.0 Å². The molecule has 0 saturated carbocycles. The van der Waals surface area contributed by atoms with Crippen LogP contribution in [0.2, 0.25) is 0 Å². The lowest BCUT2D eigenvalue weighted by Gasteiger charge is -2.28. The molecular formula is C67H50O2. The molecule has 0 amide bonds. The lowest BCUT2D eigenvalue weighted by molar-refractivity contribution is 0.642. The van der Waals surface area contributed by atoms with E-state index in [1.54, 1.807) is 0 Å². The van der Waals surface area contributed by atoms with Gasteiger partial charge >= 0.3 is 0 Å². The summed E-state index contributed by atoms with van der Waals surface area (Å²) in [6, 6.07) is 58.5. The summed E-state index contributed by atoms with van der Waals surface area (Å²) in [5.41, 5.74) is 27.4. The van der Waals surface area contributed by atoms with Crippen LogP contribution in [-0.2, 0) is 16.2 Å². The number of hydrogen-bond donors (Lipinski definition) is 0. The minimum absolute atomic E-state index is 0.234. The topological polar surface area (TPSA) is 26.3 Å². The molecule has 2 aromatic heterocycles. The Kier molecular flexibility index (Phi) is 7.35. The maximum Gasteiger partial charge on any atom is 0.143 e. The van der Waals surface area contributed by atoms with E-state index in [0.29, 0.717) is 0 Å². The van der Waals surface area contributed by atoms with Crippen LogP contribution in [0.3, 0.4) is 0 Å². The van der Waals surface area contributed by atoms with E-state index >= 15 is 0 Å². The Balaban J connectivity index is 0.940. The highest BCUT2D eigenvalue weighted by Gasteiger charge is 2.48. The zero-order chi connectivity index (χ0) is 46.6. The highest BCUT2D eigenvalue weighted by Crippen LogP contribution is 2.64. The first-order valence-corrected chi connectivity index (χ1v) is 24.7. The summed E-state index contributed by atoms with van der Waals surface area (Å²) < 4.78 is 13.4. The van der Waals surface area contributed by atoms with Crippen molar-refractivity contribution in [1.82, 2.24) is 0 Å². The SMILES string of the molecule is Cc1c2c(cc3c1C(C)(C)c1c-3cc3c(c1C)-c1c(cc(-c4cccc5c4oc4ccccc45)c4ccccc14)C3(C)C)C(C)(C)c1cc(-c3cccc4c3oc3ccccc34)c3ccccc3c1-2. The van der Waals surface area contributed by atoms with Crippen LogP contribution in [0.1, 0.15) is 86.1 Å². The standard InChI is InChI=1S/C67H50O2/c1-35-57-51(65(3,4)53-31-47(37-19-9-11-23-41(37)59(53)57)45-27-17-25-43-39-21-13-15-29-55(39)68-63(43)45)33-49-50-34-52-58(36(2)62(50)67(7,8)61(35)49)60-42-24-12-10-20-38(42)48(32-54(60)66(52,5)6)46-28-18-26-44-40-22-14-16-30-56(40)69-64(44)46/h9-34H,1-8H3. The summed E-state index contributed by atoms with van der Waals surface area (Å²) in [4.78, 5) is 0. The van der Waals surface area contributed by atoms with Crippen molar-refractivity contribution >= 4 is 65.4 Å². The predicted molar refractivity (Wildman–Crippen MR) is 289 cm³/mol. The van der Waals surface area contributed by atoms with Crippen LogP contribution in [0.4, 0.5) is 0 Å². The summed E-state index contributed by atoms with van der Waals surface area (Å²) in [6.45, 7) is 19.6. The largest absolute Gasteiger partial charge is 0.455 e. The van der Waals surface area contributed by atoms with Gasteiger partial charge in [-0.2, -0.15) is 0 Å². The lowest BCUT2D eigenvalue weighted by Crippen LogP contribution is -2.20. The molecule has 10 aromatic carbocycles. The Hall–Kier alpha value is -7.68. The van der Waals surface area contributed by atoms with Crippen molar-refractivity contribution in [3.63, 3.8) is 0 Å². The van der Waals surface area contributed by atoms with Crippen molar-refractivity contribution in [3.8, 4) is 55.6 Å². The number of hydrogen-bond acceptors (Lipinski definition) is 2. The van der Waals surface area contributed by atoms with E-state index in [9.17, 15) is 0 Å². The smallest absolute Gasteiger partial charge is 0.143 e. The molecule has 0 fully saturated rings. The van der Waals surface area contributed by atoms with E-state index in [-0.39, 0.29) is 16.2 Å². The highest BCUT2D eigenvalue weighted by molar-refractivity contribution is 6.18. The van der Waals surface area contributed by atoms with E-state index in [1.807, 2.05) is 0 Å². The van der Waals surface area contributed by atoms with Crippen molar-refractivity contribution in [2.24, 2.45) is 0 Å². The van der Waals surface area contributed by atoms with Crippen LogP contribution in [0.25, 0.3) is 121 Å². The Morgan fingerprint density at radius 3 is 1.04 bits per heavy atom. The molecule has 12 aromatic rings. The maximum atomic E-state index is 6.69. The molecule has 0 N–H and O–H groups in total. The molecule has 330 valence electrons. The molecular weight excluding hydrogens is 837 g/mol. The van der Waals surface area contributed by atoms with Gasteiger partial charge in [0.1, 0.15) is 22.3 Å². The molecule has 3 aliphatic carbocycles. The Labute approximate surface area is 401 Å². The highest BCUT2D eigenvalue weighted by atomic mass is 16.3. The quantitative estimate of drug-likeness (QED) is 0.173. The second-order valence-electron chi connectivity index (χ2n) is 21.9. The molecule has 0 radical (unpaired) electrons. The average molecular weight is 887 g/mol. The van der Waals surface area contributed by atoms with Gasteiger partial charge in [0.2, 0.25) is 0 Å². The summed E-state index contributed by atoms with van der Waals surface area (Å²) in [6.07, 6.45) is 0. The van der Waals surface area contributed by atoms with Crippen molar-refractivity contribution in [2.75, 3.05) is 0 Å². The van der Waals surface area contributed by atoms with E-state index in [1.165, 1.54) is 111 Å². The van der Waals surface area contributed by atoms with E-state index in [4.69, 9.17) is 8.83 Å². The Morgan fingerprint density at radius 2 is 0.623 bits per heavy atom. The third-order valence-electron chi connectivity index (χ3n) is 17.4. The van der Waals surface area contributed by atoms with Crippen LogP contribution in [0.5, 0.6) is 0 Å². The number of para-hydroxylation sites is 4. The molecule has 0 bridgehead atoms. The van der Waals surface area contributed by atoms with Gasteiger partial charge < -0.3 is 8.83 Å². The van der Waals surface area contributed by atoms with Crippen molar-refractivity contribution in [3.05, 3.63) is 202 Å². The van der Waals surface area contributed by atoms with Gasteiger partial charge in [0.05, 0.1) is 0 Å². The summed E-state index contributed by atoms with van der Waals surface area (Å²) in [5, 5.41) is 9.75. The first-order valence-electron chi connectivity index (χ1n) is 24.7. The van der Waals surface area contributed by atoms with Crippen LogP contribution < -0.4 is 0 Å². The fourth-order valence-corrected chi connectivity index (χ4v) is 14.4. The maximum absolute atomic E-state index is 6.69. The Morgan fingerprint density at radius 1 is 0.290 bits per heavy atom. The van der Waals surface area contributed by atoms with Gasteiger partial charge in [-0.3, -0.25) is 0 Å². The van der Waals surface area contributed by atoms with Gasteiger partial charge in [0.25, 0.3) is 0 Å². The van der Waals surface area contributed by atoms with Crippen LogP contribution in [0.15, 0.2) is 167 Å². The monoisotopic (exact) mass is 886 g/mol. The summed E-state index contributed by atoms with van der Waals surface area (Å²) in [5.74, 6) is 0. The molecule has 0 spiro atoms. The normalized spacial score (nSPS) is 15.6. The van der Waals surface area contributed by atoms with E-state index < -0.39 is 0 Å². The van der Waals surface area contributed by atoms with Crippen LogP contribution >= 0.6 is 0 Å². The van der Waals surface area contributed by atoms with Crippen molar-refractivity contribution < 1.29 is 8.83 Å². The van der Waals surface area contributed by atoms with Gasteiger partial charge in [-0.1, -0.05) is 163 Å². The molecule has 2 heteroatoms. The fraction of sp³-hybridized carbons (Fsp3) is 0.164. The van der Waals surface area contributed by atoms with E-state index in [2.05, 4.69) is 213 Å². The van der Waals surface area contributed by atoms with Crippen LogP contribution in [-0.4, -0.2) is 0 Å². The number of benzene rings is 10. The van der Waals surface area contributed by atoms with Crippen molar-refractivity contribution in [2.45, 2.75) is 71.6 Å². The fourth-order valence-electron chi connectivity index (χ4n) is 14.4. The van der Waals surface area contributed by atoms with Crippen molar-refractivity contribution in [1.29, 1.82) is 0 Å². The molecule has 15 rings (SSSR count). The minimum atomic E-state index is -0.253. The van der Waals surface area contributed by atoms with Gasteiger partial charge in [-0.25, -0.2) is 0 Å². The second-order valence-corrected chi connectivity index (χ2v) is 21.9. The molecule has 2 heterocycles. The molecule has 69 heavy (non-hydrogen) atoms. The molecule has 0 saturated heterocycles. The second kappa shape index (κ2) is 12.9. The third-order valence-corrected chi connectivity index (χ3v) is 17.4. The average Bonchev–Trinajstić information content (AvgIpc) is 4.10. The van der Waals surface area contributed by atoms with Gasteiger partial charge in [-0.05, 0) is 161 Å². The zero-order valence-electron chi connectivity index (χ0n) is 40.3. The van der Waals surface area contributed by atoms with Gasteiger partial charge in [0, 0.05) is 48.9 Å². The molecule has 0 atom stereocenters. The number of rotatable bonds is 2. The summed E-state index contributed by atoms with van der Waals surface area (Å²) >= 11 is 0. The molecule has 0 unspecified atom stereocenters. The van der Waals surface area contributed by atoms with Gasteiger partial charge in [0.15, 0.2) is 0 Å². The summed E-state index contributed by atoms with van der Waals surface area (Å²) in [7, 11) is 0. The Bertz CT molecular complexity index is 4070. The molecule has 2 nitrogen and oxygen atoms in total. The minimum Gasteiger partial charge on any atom is -0.455 e.